The van der Waals surface area contributed by atoms with E-state index in [1.165, 1.54) is 32.1 Å². The Kier molecular flexibility index (Phi) is 6.95. The summed E-state index contributed by atoms with van der Waals surface area (Å²) in [6, 6.07) is 0.111. The molecule has 2 heteroatoms. The lowest BCUT2D eigenvalue weighted by molar-refractivity contribution is 0.137. The minimum Gasteiger partial charge on any atom is -0.326 e. The van der Waals surface area contributed by atoms with Crippen molar-refractivity contribution in [3.8, 4) is 0 Å². The van der Waals surface area contributed by atoms with E-state index < -0.39 is 0 Å². The third kappa shape index (κ3) is 3.70. The molecular weight excluding hydrogens is 268 g/mol. The molecule has 2 nitrogen and oxygen atoms in total. The summed E-state index contributed by atoms with van der Waals surface area (Å²) >= 11 is 0. The molecule has 0 radical (unpaired) electrons. The fourth-order valence-corrected chi connectivity index (χ4v) is 5.61. The quantitative estimate of drug-likeness (QED) is 0.698. The first-order valence-corrected chi connectivity index (χ1v) is 9.71. The lowest BCUT2D eigenvalue weighted by Crippen LogP contribution is -2.63. The molecule has 1 aliphatic rings. The van der Waals surface area contributed by atoms with Crippen LogP contribution in [-0.4, -0.2) is 11.6 Å². The van der Waals surface area contributed by atoms with Crippen molar-refractivity contribution in [2.75, 3.05) is 0 Å². The Morgan fingerprint density at radius 3 is 1.77 bits per heavy atom. The van der Waals surface area contributed by atoms with Crippen molar-refractivity contribution >= 4 is 0 Å². The summed E-state index contributed by atoms with van der Waals surface area (Å²) in [6.07, 6.45) is 7.14. The van der Waals surface area contributed by atoms with Crippen molar-refractivity contribution in [3.63, 3.8) is 0 Å². The Balaban J connectivity index is 3.23. The molecular formula is C20H42N2. The lowest BCUT2D eigenvalue weighted by Gasteiger charge is -2.45. The number of nitrogens with two attached hydrogens (primary N) is 2. The van der Waals surface area contributed by atoms with Crippen LogP contribution in [-0.2, 0) is 0 Å². The predicted octanol–water partition coefficient (Wildman–Crippen LogP) is 4.96. The summed E-state index contributed by atoms with van der Waals surface area (Å²) in [7, 11) is 0. The Bertz CT molecular complexity index is 333. The first-order valence-electron chi connectivity index (χ1n) is 9.71. The molecule has 1 fully saturated rings. The molecule has 22 heavy (non-hydrogen) atoms. The molecule has 1 aliphatic carbocycles. The van der Waals surface area contributed by atoms with Gasteiger partial charge in [0.05, 0.1) is 0 Å². The summed E-state index contributed by atoms with van der Waals surface area (Å²) in [6.45, 7) is 16.2. The lowest BCUT2D eigenvalue weighted by atomic mass is 9.68. The fourth-order valence-electron chi connectivity index (χ4n) is 5.61. The normalized spacial score (nSPS) is 37.5. The zero-order chi connectivity index (χ0) is 17.1. The van der Waals surface area contributed by atoms with E-state index in [-0.39, 0.29) is 17.0 Å². The van der Waals surface area contributed by atoms with E-state index in [0.717, 1.165) is 18.3 Å². The van der Waals surface area contributed by atoms with Gasteiger partial charge in [0.1, 0.15) is 0 Å². The van der Waals surface area contributed by atoms with Gasteiger partial charge in [0.15, 0.2) is 0 Å². The van der Waals surface area contributed by atoms with Crippen LogP contribution in [0, 0.1) is 29.1 Å². The van der Waals surface area contributed by atoms with Gasteiger partial charge in [-0.3, -0.25) is 0 Å². The van der Waals surface area contributed by atoms with Gasteiger partial charge in [0.25, 0.3) is 0 Å². The second kappa shape index (κ2) is 7.66. The zero-order valence-electron chi connectivity index (χ0n) is 16.3. The molecule has 1 saturated carbocycles. The van der Waals surface area contributed by atoms with Gasteiger partial charge < -0.3 is 11.5 Å². The van der Waals surface area contributed by atoms with Crippen molar-refractivity contribution in [3.05, 3.63) is 0 Å². The molecule has 1 rings (SSSR count). The van der Waals surface area contributed by atoms with Gasteiger partial charge in [-0.25, -0.2) is 0 Å². The summed E-state index contributed by atoms with van der Waals surface area (Å²) in [5.41, 5.74) is 14.1. The van der Waals surface area contributed by atoms with Gasteiger partial charge >= 0.3 is 0 Å². The van der Waals surface area contributed by atoms with Crippen molar-refractivity contribution < 1.29 is 0 Å². The summed E-state index contributed by atoms with van der Waals surface area (Å²) in [5.74, 6) is 2.68. The molecule has 132 valence electrons. The number of rotatable bonds is 7. The van der Waals surface area contributed by atoms with Crippen LogP contribution < -0.4 is 11.5 Å². The van der Waals surface area contributed by atoms with Gasteiger partial charge in [-0.05, 0) is 41.9 Å². The Hall–Kier alpha value is -0.0800. The minimum absolute atomic E-state index is 0.111. The van der Waals surface area contributed by atoms with Crippen LogP contribution >= 0.6 is 0 Å². The highest BCUT2D eigenvalue weighted by Gasteiger charge is 2.58. The van der Waals surface area contributed by atoms with Crippen molar-refractivity contribution in [1.82, 2.24) is 0 Å². The second-order valence-electron chi connectivity index (χ2n) is 8.93. The Morgan fingerprint density at radius 2 is 1.41 bits per heavy atom. The molecule has 6 atom stereocenters. The minimum atomic E-state index is -0.181. The van der Waals surface area contributed by atoms with E-state index in [4.69, 9.17) is 11.5 Å². The van der Waals surface area contributed by atoms with E-state index in [9.17, 15) is 0 Å². The molecule has 6 unspecified atom stereocenters. The molecule has 0 aromatic carbocycles. The molecule has 0 amide bonds. The van der Waals surface area contributed by atoms with E-state index in [1.54, 1.807) is 0 Å². The smallest absolute Gasteiger partial charge is 0.0370 e. The first-order chi connectivity index (χ1) is 10.2. The van der Waals surface area contributed by atoms with Crippen molar-refractivity contribution in [2.45, 2.75) is 98.6 Å². The highest BCUT2D eigenvalue weighted by Crippen LogP contribution is 2.55. The van der Waals surface area contributed by atoms with Gasteiger partial charge in [-0.2, -0.15) is 0 Å². The molecule has 0 aromatic rings. The topological polar surface area (TPSA) is 52.0 Å². The zero-order valence-corrected chi connectivity index (χ0v) is 16.3. The van der Waals surface area contributed by atoms with Crippen LogP contribution in [0.5, 0.6) is 0 Å². The number of hydrogen-bond acceptors (Lipinski definition) is 2. The fraction of sp³-hybridized carbons (Fsp3) is 1.00. The van der Waals surface area contributed by atoms with Crippen LogP contribution in [0.25, 0.3) is 0 Å². The molecule has 4 N–H and O–H groups in total. The van der Waals surface area contributed by atoms with Crippen LogP contribution in [0.1, 0.15) is 87.0 Å². The van der Waals surface area contributed by atoms with Crippen molar-refractivity contribution in [1.29, 1.82) is 0 Å². The average Bonchev–Trinajstić information content (AvgIpc) is 2.66. The van der Waals surface area contributed by atoms with E-state index in [1.807, 2.05) is 0 Å². The molecule has 0 saturated heterocycles. The van der Waals surface area contributed by atoms with E-state index in [0.29, 0.717) is 11.8 Å². The van der Waals surface area contributed by atoms with Gasteiger partial charge in [0.2, 0.25) is 0 Å². The average molecular weight is 311 g/mol. The SMILES string of the molecule is CCCC1C(CC)C(CC)C(CC)C1(N)C(N)CC(C)(C)C. The summed E-state index contributed by atoms with van der Waals surface area (Å²) in [5, 5.41) is 0. The summed E-state index contributed by atoms with van der Waals surface area (Å²) in [4.78, 5) is 0. The third-order valence-electron chi connectivity index (χ3n) is 6.32. The third-order valence-corrected chi connectivity index (χ3v) is 6.32. The largest absolute Gasteiger partial charge is 0.326 e. The van der Waals surface area contributed by atoms with Crippen LogP contribution in [0.2, 0.25) is 0 Å². The van der Waals surface area contributed by atoms with Gasteiger partial charge in [0, 0.05) is 11.6 Å². The van der Waals surface area contributed by atoms with E-state index in [2.05, 4.69) is 48.5 Å². The molecule has 0 aliphatic heterocycles. The molecule has 0 heterocycles. The van der Waals surface area contributed by atoms with Crippen molar-refractivity contribution in [2.24, 2.45) is 40.6 Å². The molecule has 0 spiro atoms. The standard InChI is InChI=1S/C20H42N2/c1-8-12-17-15(10-3)14(9-2)16(11-4)20(17,22)18(21)13-19(5,6)7/h14-18H,8-13,21-22H2,1-7H3. The van der Waals surface area contributed by atoms with E-state index >= 15 is 0 Å². The van der Waals surface area contributed by atoms with Crippen LogP contribution in [0.3, 0.4) is 0 Å². The van der Waals surface area contributed by atoms with Gasteiger partial charge in [-0.15, -0.1) is 0 Å². The molecule has 0 bridgehead atoms. The highest BCUT2D eigenvalue weighted by molar-refractivity contribution is 5.13. The Morgan fingerprint density at radius 1 is 0.909 bits per heavy atom. The second-order valence-corrected chi connectivity index (χ2v) is 8.93. The summed E-state index contributed by atoms with van der Waals surface area (Å²) < 4.78 is 0. The highest BCUT2D eigenvalue weighted by atomic mass is 14.9. The predicted molar refractivity (Wildman–Crippen MR) is 98.7 cm³/mol. The van der Waals surface area contributed by atoms with Crippen LogP contribution in [0.15, 0.2) is 0 Å². The maximum Gasteiger partial charge on any atom is 0.0370 e. The number of hydrogen-bond donors (Lipinski definition) is 2. The maximum absolute atomic E-state index is 7.20. The van der Waals surface area contributed by atoms with Crippen LogP contribution in [0.4, 0.5) is 0 Å². The maximum atomic E-state index is 7.20. The van der Waals surface area contributed by atoms with Gasteiger partial charge in [-0.1, -0.05) is 74.1 Å². The first kappa shape index (κ1) is 20.0. The molecule has 0 aromatic heterocycles. The Labute approximate surface area is 139 Å². The monoisotopic (exact) mass is 310 g/mol.